The van der Waals surface area contributed by atoms with Gasteiger partial charge in [0.05, 0.1) is 6.54 Å². The Balaban J connectivity index is 1.93. The van der Waals surface area contributed by atoms with Crippen LogP contribution in [-0.2, 0) is 0 Å². The molecule has 1 aliphatic rings. The molecule has 0 amide bonds. The molecule has 5 nitrogen and oxygen atoms in total. The minimum atomic E-state index is -4.17. The summed E-state index contributed by atoms with van der Waals surface area (Å²) < 4.78 is 36.8. The van der Waals surface area contributed by atoms with Gasteiger partial charge in [0.2, 0.25) is 0 Å². The molecule has 1 aromatic heterocycles. The fourth-order valence-corrected chi connectivity index (χ4v) is 2.18. The van der Waals surface area contributed by atoms with E-state index in [-0.39, 0.29) is 16.9 Å². The molecule has 106 valence electrons. The number of alkyl halides is 3. The van der Waals surface area contributed by atoms with E-state index >= 15 is 0 Å². The zero-order valence-electron chi connectivity index (χ0n) is 9.91. The number of nitrogen functional groups attached to an aromatic ring is 1. The van der Waals surface area contributed by atoms with Gasteiger partial charge in [-0.05, 0) is 6.42 Å². The third kappa shape index (κ3) is 3.84. The normalized spacial score (nSPS) is 20.7. The molecule has 3 N–H and O–H groups in total. The zero-order valence-corrected chi connectivity index (χ0v) is 10.7. The van der Waals surface area contributed by atoms with E-state index in [1.54, 1.807) is 0 Å². The van der Waals surface area contributed by atoms with Crippen molar-refractivity contribution in [2.75, 3.05) is 30.7 Å². The van der Waals surface area contributed by atoms with Crippen molar-refractivity contribution in [3.05, 3.63) is 11.3 Å². The second kappa shape index (κ2) is 5.38. The highest BCUT2D eigenvalue weighted by Gasteiger charge is 2.34. The molecular formula is C10H13ClF3N5. The first-order chi connectivity index (χ1) is 8.85. The fourth-order valence-electron chi connectivity index (χ4n) is 2.03. The van der Waals surface area contributed by atoms with Gasteiger partial charge < -0.3 is 11.1 Å². The van der Waals surface area contributed by atoms with Gasteiger partial charge in [0.15, 0.2) is 5.82 Å². The predicted octanol–water partition coefficient (Wildman–Crippen LogP) is 1.76. The van der Waals surface area contributed by atoms with Crippen LogP contribution in [0.5, 0.6) is 0 Å². The lowest BCUT2D eigenvalue weighted by Gasteiger charge is -2.18. The Morgan fingerprint density at radius 2 is 2.21 bits per heavy atom. The van der Waals surface area contributed by atoms with Gasteiger partial charge in [-0.1, -0.05) is 11.6 Å². The van der Waals surface area contributed by atoms with E-state index in [2.05, 4.69) is 15.3 Å². The summed E-state index contributed by atoms with van der Waals surface area (Å²) >= 11 is 5.91. The second-order valence-corrected chi connectivity index (χ2v) is 4.78. The van der Waals surface area contributed by atoms with E-state index in [9.17, 15) is 13.2 Å². The number of anilines is 2. The third-order valence-electron chi connectivity index (χ3n) is 2.83. The van der Waals surface area contributed by atoms with E-state index in [1.165, 1.54) is 11.2 Å². The maximum atomic E-state index is 12.3. The number of halogens is 4. The first kappa shape index (κ1) is 14.1. The van der Waals surface area contributed by atoms with Gasteiger partial charge in [-0.2, -0.15) is 13.2 Å². The fraction of sp³-hybridized carbons (Fsp3) is 0.600. The smallest absolute Gasteiger partial charge is 0.382 e. The zero-order chi connectivity index (χ0) is 14.0. The van der Waals surface area contributed by atoms with E-state index in [0.717, 1.165) is 0 Å². The lowest BCUT2D eigenvalue weighted by molar-refractivity contribution is -0.143. The van der Waals surface area contributed by atoms with Crippen molar-refractivity contribution < 1.29 is 13.2 Å². The largest absolute Gasteiger partial charge is 0.401 e. The standard InChI is InChI=1S/C10H13ClF3N5/c11-7-8(15)16-5-17-9(7)18-6-1-2-19(3-6)4-10(12,13)14/h5-6H,1-4H2,(H3,15,16,17,18). The molecule has 0 radical (unpaired) electrons. The molecule has 1 saturated heterocycles. The number of hydrogen-bond acceptors (Lipinski definition) is 5. The molecule has 1 atom stereocenters. The van der Waals surface area contributed by atoms with Gasteiger partial charge in [0.1, 0.15) is 17.2 Å². The number of likely N-dealkylation sites (tertiary alicyclic amines) is 1. The van der Waals surface area contributed by atoms with Crippen LogP contribution in [0.1, 0.15) is 6.42 Å². The minimum absolute atomic E-state index is 0.130. The molecule has 1 aromatic rings. The maximum Gasteiger partial charge on any atom is 0.401 e. The van der Waals surface area contributed by atoms with Crippen molar-refractivity contribution in [3.8, 4) is 0 Å². The summed E-state index contributed by atoms with van der Waals surface area (Å²) in [6.45, 7) is -0.222. The SMILES string of the molecule is Nc1ncnc(NC2CCN(CC(F)(F)F)C2)c1Cl. The van der Waals surface area contributed by atoms with Gasteiger partial charge in [0, 0.05) is 19.1 Å². The molecule has 0 bridgehead atoms. The van der Waals surface area contributed by atoms with Crippen molar-refractivity contribution >= 4 is 23.2 Å². The Hall–Kier alpha value is -1.28. The average molecular weight is 296 g/mol. The lowest BCUT2D eigenvalue weighted by Crippen LogP contribution is -2.34. The second-order valence-electron chi connectivity index (χ2n) is 4.40. The van der Waals surface area contributed by atoms with Crippen LogP contribution in [-0.4, -0.2) is 46.7 Å². The van der Waals surface area contributed by atoms with Crippen molar-refractivity contribution in [1.82, 2.24) is 14.9 Å². The summed E-state index contributed by atoms with van der Waals surface area (Å²) in [5, 5.41) is 3.19. The van der Waals surface area contributed by atoms with Crippen LogP contribution in [0.15, 0.2) is 6.33 Å². The maximum absolute atomic E-state index is 12.3. The van der Waals surface area contributed by atoms with Gasteiger partial charge in [-0.25, -0.2) is 9.97 Å². The van der Waals surface area contributed by atoms with E-state index in [0.29, 0.717) is 25.3 Å². The number of aromatic nitrogens is 2. The van der Waals surface area contributed by atoms with Crippen molar-refractivity contribution in [1.29, 1.82) is 0 Å². The van der Waals surface area contributed by atoms with Crippen molar-refractivity contribution in [2.24, 2.45) is 0 Å². The Labute approximate surface area is 113 Å². The highest BCUT2D eigenvalue weighted by molar-refractivity contribution is 6.35. The van der Waals surface area contributed by atoms with Crippen LogP contribution in [0, 0.1) is 0 Å². The summed E-state index contributed by atoms with van der Waals surface area (Å²) in [6, 6.07) is -0.130. The number of nitrogens with zero attached hydrogens (tertiary/aromatic N) is 3. The van der Waals surface area contributed by atoms with E-state index < -0.39 is 12.7 Å². The molecule has 0 aliphatic carbocycles. The monoisotopic (exact) mass is 295 g/mol. The molecule has 1 aliphatic heterocycles. The Morgan fingerprint density at radius 1 is 1.47 bits per heavy atom. The minimum Gasteiger partial charge on any atom is -0.382 e. The van der Waals surface area contributed by atoms with Crippen LogP contribution in [0.4, 0.5) is 24.8 Å². The van der Waals surface area contributed by atoms with E-state index in [1.807, 2.05) is 0 Å². The quantitative estimate of drug-likeness (QED) is 0.889. The summed E-state index contributed by atoms with van der Waals surface area (Å²) in [4.78, 5) is 8.98. The van der Waals surface area contributed by atoms with Crippen LogP contribution in [0.25, 0.3) is 0 Å². The number of rotatable bonds is 3. The molecule has 1 unspecified atom stereocenters. The first-order valence-electron chi connectivity index (χ1n) is 5.67. The average Bonchev–Trinajstić information content (AvgIpc) is 2.70. The van der Waals surface area contributed by atoms with Crippen LogP contribution in [0.2, 0.25) is 5.02 Å². The molecule has 1 fully saturated rings. The van der Waals surface area contributed by atoms with Gasteiger partial charge in [-0.15, -0.1) is 0 Å². The van der Waals surface area contributed by atoms with Crippen LogP contribution in [0.3, 0.4) is 0 Å². The van der Waals surface area contributed by atoms with E-state index in [4.69, 9.17) is 17.3 Å². The highest BCUT2D eigenvalue weighted by Crippen LogP contribution is 2.26. The topological polar surface area (TPSA) is 67.1 Å². The molecule has 19 heavy (non-hydrogen) atoms. The van der Waals surface area contributed by atoms with Crippen molar-refractivity contribution in [3.63, 3.8) is 0 Å². The van der Waals surface area contributed by atoms with Gasteiger partial charge in [-0.3, -0.25) is 4.90 Å². The van der Waals surface area contributed by atoms with Crippen LogP contribution < -0.4 is 11.1 Å². The Kier molecular flexibility index (Phi) is 4.00. The molecule has 0 spiro atoms. The summed E-state index contributed by atoms with van der Waals surface area (Å²) in [7, 11) is 0. The third-order valence-corrected chi connectivity index (χ3v) is 3.21. The highest BCUT2D eigenvalue weighted by atomic mass is 35.5. The van der Waals surface area contributed by atoms with Gasteiger partial charge >= 0.3 is 6.18 Å². The molecular weight excluding hydrogens is 283 g/mol. The summed E-state index contributed by atoms with van der Waals surface area (Å²) in [5.41, 5.74) is 5.52. The van der Waals surface area contributed by atoms with Crippen LogP contribution >= 0.6 is 11.6 Å². The molecule has 0 aromatic carbocycles. The Morgan fingerprint density at radius 3 is 2.89 bits per heavy atom. The molecule has 2 heterocycles. The molecule has 0 saturated carbocycles. The molecule has 9 heteroatoms. The Bertz CT molecular complexity index is 453. The number of hydrogen-bond donors (Lipinski definition) is 2. The van der Waals surface area contributed by atoms with Gasteiger partial charge in [0.25, 0.3) is 0 Å². The van der Waals surface area contributed by atoms with Crippen molar-refractivity contribution in [2.45, 2.75) is 18.6 Å². The first-order valence-corrected chi connectivity index (χ1v) is 6.04. The summed E-state index contributed by atoms with van der Waals surface area (Å²) in [6.07, 6.45) is -2.33. The predicted molar refractivity (Wildman–Crippen MR) is 66.0 cm³/mol. The number of nitrogens with one attached hydrogen (secondary N) is 1. The number of nitrogens with two attached hydrogens (primary N) is 1. The lowest BCUT2D eigenvalue weighted by atomic mass is 10.2. The molecule has 2 rings (SSSR count). The summed E-state index contributed by atoms with van der Waals surface area (Å²) in [5.74, 6) is 0.498.